The Labute approximate surface area is 206 Å². The average molecular weight is 498 g/mol. The molecule has 1 fully saturated rings. The number of pyridine rings is 1. The molecule has 0 saturated carbocycles. The molecule has 2 atom stereocenters. The molecule has 1 saturated heterocycles. The normalized spacial score (nSPS) is 17.9. The molecule has 1 aliphatic rings. The van der Waals surface area contributed by atoms with Gasteiger partial charge in [-0.2, -0.15) is 0 Å². The first kappa shape index (κ1) is 21.9. The van der Waals surface area contributed by atoms with E-state index in [-0.39, 0.29) is 17.9 Å². The summed E-state index contributed by atoms with van der Waals surface area (Å²) in [5.41, 5.74) is 2.84. The van der Waals surface area contributed by atoms with Crippen LogP contribution < -0.4 is 10.2 Å². The highest BCUT2D eigenvalue weighted by molar-refractivity contribution is 7.80. The van der Waals surface area contributed by atoms with Gasteiger partial charge in [0.1, 0.15) is 23.4 Å². The molecule has 0 radical (unpaired) electrons. The van der Waals surface area contributed by atoms with E-state index in [1.807, 2.05) is 41.3 Å². The summed E-state index contributed by atoms with van der Waals surface area (Å²) >= 11 is 18.2. The van der Waals surface area contributed by atoms with Crippen molar-refractivity contribution in [3.8, 4) is 11.3 Å². The summed E-state index contributed by atoms with van der Waals surface area (Å²) in [6, 6.07) is 19.1. The van der Waals surface area contributed by atoms with Crippen molar-refractivity contribution < 1.29 is 8.81 Å². The van der Waals surface area contributed by atoms with Gasteiger partial charge in [0.15, 0.2) is 5.11 Å². The predicted molar refractivity (Wildman–Crippen MR) is 133 cm³/mol. The monoisotopic (exact) mass is 497 g/mol. The molecular formula is C25H18Cl2FN3OS. The molecule has 33 heavy (non-hydrogen) atoms. The molecule has 8 heteroatoms. The molecule has 5 rings (SSSR count). The molecule has 4 aromatic rings. The van der Waals surface area contributed by atoms with Gasteiger partial charge in [0.05, 0.1) is 16.8 Å². The second-order valence-electron chi connectivity index (χ2n) is 7.76. The van der Waals surface area contributed by atoms with E-state index in [4.69, 9.17) is 39.8 Å². The third-order valence-electron chi connectivity index (χ3n) is 5.63. The third kappa shape index (κ3) is 4.10. The SMILES string of the molecule is Cc1cc(N2C(=S)N[C@@H](c3ccccn3)[C@H]2c2ccc(-c3ccc(Cl)cc3Cl)o2)ccc1F. The zero-order chi connectivity index (χ0) is 23.1. The minimum absolute atomic E-state index is 0.271. The van der Waals surface area contributed by atoms with Crippen molar-refractivity contribution in [3.63, 3.8) is 0 Å². The van der Waals surface area contributed by atoms with Gasteiger partial charge in [0.2, 0.25) is 0 Å². The van der Waals surface area contributed by atoms with E-state index < -0.39 is 0 Å². The van der Waals surface area contributed by atoms with Gasteiger partial charge in [-0.1, -0.05) is 29.3 Å². The summed E-state index contributed by atoms with van der Waals surface area (Å²) in [5, 5.41) is 4.92. The Morgan fingerprint density at radius 1 is 1.06 bits per heavy atom. The first-order chi connectivity index (χ1) is 15.9. The second-order valence-corrected chi connectivity index (χ2v) is 8.99. The maximum absolute atomic E-state index is 14.0. The number of halogens is 3. The van der Waals surface area contributed by atoms with E-state index in [9.17, 15) is 4.39 Å². The maximum Gasteiger partial charge on any atom is 0.174 e. The quantitative estimate of drug-likeness (QED) is 0.300. The molecule has 1 aliphatic heterocycles. The smallest absolute Gasteiger partial charge is 0.174 e. The van der Waals surface area contributed by atoms with Crippen LogP contribution in [0.15, 0.2) is 77.3 Å². The number of hydrogen-bond donors (Lipinski definition) is 1. The van der Waals surface area contributed by atoms with Gasteiger partial charge in [-0.3, -0.25) is 4.98 Å². The van der Waals surface area contributed by atoms with E-state index in [0.717, 1.165) is 16.9 Å². The lowest BCUT2D eigenvalue weighted by atomic mass is 10.0. The molecule has 166 valence electrons. The van der Waals surface area contributed by atoms with Gasteiger partial charge in [-0.15, -0.1) is 0 Å². The van der Waals surface area contributed by atoms with Gasteiger partial charge < -0.3 is 14.6 Å². The zero-order valence-corrected chi connectivity index (χ0v) is 19.8. The van der Waals surface area contributed by atoms with E-state index in [0.29, 0.717) is 32.2 Å². The van der Waals surface area contributed by atoms with Crippen LogP contribution in [0.25, 0.3) is 11.3 Å². The fourth-order valence-electron chi connectivity index (χ4n) is 4.05. The third-order valence-corrected chi connectivity index (χ3v) is 6.50. The Kier molecular flexibility index (Phi) is 5.83. The van der Waals surface area contributed by atoms with Crippen molar-refractivity contribution in [2.24, 2.45) is 0 Å². The fraction of sp³-hybridized carbons (Fsp3) is 0.120. The van der Waals surface area contributed by atoms with Crippen LogP contribution >= 0.6 is 35.4 Å². The Morgan fingerprint density at radius 3 is 2.64 bits per heavy atom. The van der Waals surface area contributed by atoms with Crippen LogP contribution in [0.5, 0.6) is 0 Å². The summed E-state index contributed by atoms with van der Waals surface area (Å²) in [7, 11) is 0. The molecule has 4 nitrogen and oxygen atoms in total. The number of aromatic nitrogens is 1. The molecule has 0 bridgehead atoms. The second kappa shape index (κ2) is 8.78. The Hall–Kier alpha value is -2.93. The van der Waals surface area contributed by atoms with Crippen LogP contribution in [-0.4, -0.2) is 10.1 Å². The highest BCUT2D eigenvalue weighted by atomic mass is 35.5. The number of anilines is 1. The molecule has 2 aromatic carbocycles. The van der Waals surface area contributed by atoms with Gasteiger partial charge >= 0.3 is 0 Å². The first-order valence-electron chi connectivity index (χ1n) is 10.2. The van der Waals surface area contributed by atoms with Gasteiger partial charge in [0, 0.05) is 22.5 Å². The van der Waals surface area contributed by atoms with Crippen molar-refractivity contribution in [2.45, 2.75) is 19.0 Å². The number of thiocarbonyl (C=S) groups is 1. The van der Waals surface area contributed by atoms with Gasteiger partial charge in [-0.05, 0) is 85.4 Å². The molecule has 0 aliphatic carbocycles. The van der Waals surface area contributed by atoms with E-state index >= 15 is 0 Å². The molecule has 3 heterocycles. The predicted octanol–water partition coefficient (Wildman–Crippen LogP) is 7.27. The molecule has 2 aromatic heterocycles. The molecule has 0 amide bonds. The topological polar surface area (TPSA) is 41.3 Å². The van der Waals surface area contributed by atoms with Crippen LogP contribution in [0.3, 0.4) is 0 Å². The van der Waals surface area contributed by atoms with Crippen LogP contribution in [0.1, 0.15) is 29.1 Å². The zero-order valence-electron chi connectivity index (χ0n) is 17.4. The van der Waals surface area contributed by atoms with Crippen molar-refractivity contribution >= 4 is 46.2 Å². The Morgan fingerprint density at radius 2 is 1.91 bits per heavy atom. The van der Waals surface area contributed by atoms with Crippen molar-refractivity contribution in [1.29, 1.82) is 0 Å². The summed E-state index contributed by atoms with van der Waals surface area (Å²) in [4.78, 5) is 6.47. The van der Waals surface area contributed by atoms with Crippen LogP contribution in [0.2, 0.25) is 10.0 Å². The highest BCUT2D eigenvalue weighted by Gasteiger charge is 2.42. The number of nitrogens with zero attached hydrogens (tertiary/aromatic N) is 2. The first-order valence-corrected chi connectivity index (χ1v) is 11.4. The maximum atomic E-state index is 14.0. The van der Waals surface area contributed by atoms with Gasteiger partial charge in [-0.25, -0.2) is 4.39 Å². The van der Waals surface area contributed by atoms with Crippen LogP contribution in [-0.2, 0) is 0 Å². The minimum atomic E-state index is -0.350. The number of hydrogen-bond acceptors (Lipinski definition) is 3. The lowest BCUT2D eigenvalue weighted by Crippen LogP contribution is -2.29. The molecular weight excluding hydrogens is 480 g/mol. The number of furan rings is 1. The summed E-state index contributed by atoms with van der Waals surface area (Å²) < 4.78 is 20.3. The largest absolute Gasteiger partial charge is 0.459 e. The lowest BCUT2D eigenvalue weighted by molar-refractivity contribution is 0.439. The average Bonchev–Trinajstić information content (AvgIpc) is 3.41. The van der Waals surface area contributed by atoms with E-state index in [2.05, 4.69) is 10.3 Å². The standard InChI is InChI=1S/C25H18Cl2FN3OS/c1-14-12-16(6-8-19(14)28)31-24(23(30-25(31)33)20-4-2-3-11-29-20)22-10-9-21(32-22)17-7-5-15(26)13-18(17)27/h2-13,23-24H,1H3,(H,30,33)/t23-,24+/m0/s1. The number of benzene rings is 2. The molecule has 1 N–H and O–H groups in total. The number of nitrogens with one attached hydrogen (secondary N) is 1. The minimum Gasteiger partial charge on any atom is -0.459 e. The number of aryl methyl sites for hydroxylation is 1. The van der Waals surface area contributed by atoms with Crippen molar-refractivity contribution in [1.82, 2.24) is 10.3 Å². The Balaban J connectivity index is 1.61. The van der Waals surface area contributed by atoms with E-state index in [1.54, 1.807) is 37.4 Å². The fourth-order valence-corrected chi connectivity index (χ4v) is 4.89. The van der Waals surface area contributed by atoms with Crippen molar-refractivity contribution in [3.05, 3.63) is 106 Å². The molecule has 0 unspecified atom stereocenters. The highest BCUT2D eigenvalue weighted by Crippen LogP contribution is 2.43. The lowest BCUT2D eigenvalue weighted by Gasteiger charge is -2.26. The summed E-state index contributed by atoms with van der Waals surface area (Å²) in [6.45, 7) is 1.73. The van der Waals surface area contributed by atoms with Gasteiger partial charge in [0.25, 0.3) is 0 Å². The van der Waals surface area contributed by atoms with Crippen LogP contribution in [0, 0.1) is 12.7 Å². The summed E-state index contributed by atoms with van der Waals surface area (Å²) in [5.74, 6) is 1.01. The molecule has 0 spiro atoms. The van der Waals surface area contributed by atoms with Crippen molar-refractivity contribution in [2.75, 3.05) is 4.90 Å². The Bertz CT molecular complexity index is 1340. The summed E-state index contributed by atoms with van der Waals surface area (Å²) in [6.07, 6.45) is 1.74. The van der Waals surface area contributed by atoms with Crippen LogP contribution in [0.4, 0.5) is 10.1 Å². The number of rotatable bonds is 4. The van der Waals surface area contributed by atoms with E-state index in [1.165, 1.54) is 6.07 Å².